The number of fused-ring (bicyclic) bond motifs is 1. The van der Waals surface area contributed by atoms with Crippen LogP contribution in [0.25, 0.3) is 10.9 Å². The number of para-hydroxylation sites is 1. The number of methoxy groups -OCH3 is 1. The van der Waals surface area contributed by atoms with Crippen LogP contribution in [0.1, 0.15) is 5.56 Å². The molecule has 19 heavy (non-hydrogen) atoms. The van der Waals surface area contributed by atoms with E-state index >= 15 is 0 Å². The third kappa shape index (κ3) is 2.38. The largest absolute Gasteiger partial charge is 0.495 e. The Morgan fingerprint density at radius 3 is 3.00 bits per heavy atom. The predicted molar refractivity (Wildman–Crippen MR) is 71.7 cm³/mol. The molecule has 0 unspecified atom stereocenters. The van der Waals surface area contributed by atoms with Crippen LogP contribution in [0.5, 0.6) is 5.75 Å². The van der Waals surface area contributed by atoms with Gasteiger partial charge in [0.15, 0.2) is 0 Å². The van der Waals surface area contributed by atoms with Gasteiger partial charge in [0.2, 0.25) is 5.91 Å². The second-order valence-corrected chi connectivity index (χ2v) is 4.20. The van der Waals surface area contributed by atoms with Gasteiger partial charge >= 0.3 is 0 Å². The number of benzene rings is 1. The number of rotatable bonds is 4. The number of hydrogen-bond acceptors (Lipinski definition) is 3. The van der Waals surface area contributed by atoms with Gasteiger partial charge in [-0.05, 0) is 18.1 Å². The van der Waals surface area contributed by atoms with Gasteiger partial charge < -0.3 is 15.0 Å². The first-order valence-electron chi connectivity index (χ1n) is 5.95. The third-order valence-corrected chi connectivity index (χ3v) is 3.13. The van der Waals surface area contributed by atoms with Crippen molar-refractivity contribution in [1.82, 2.24) is 10.3 Å². The predicted octanol–water partition coefficient (Wildman–Crippen LogP) is 1.60. The summed E-state index contributed by atoms with van der Waals surface area (Å²) in [4.78, 5) is 14.7. The van der Waals surface area contributed by atoms with Gasteiger partial charge in [0.25, 0.3) is 0 Å². The molecule has 0 radical (unpaired) electrons. The molecule has 5 heteroatoms. The van der Waals surface area contributed by atoms with Crippen LogP contribution >= 0.6 is 0 Å². The number of nitrogens with one attached hydrogen (secondary N) is 2. The maximum absolute atomic E-state index is 11.6. The summed E-state index contributed by atoms with van der Waals surface area (Å²) < 4.78 is 5.27. The highest BCUT2D eigenvalue weighted by Crippen LogP contribution is 2.28. The minimum atomic E-state index is -0.685. The van der Waals surface area contributed by atoms with Crippen molar-refractivity contribution in [2.45, 2.75) is 6.42 Å². The zero-order valence-electron chi connectivity index (χ0n) is 10.9. The number of nitrogens with zero attached hydrogens (tertiary/aromatic N) is 1. The van der Waals surface area contributed by atoms with Gasteiger partial charge in [-0.2, -0.15) is 5.26 Å². The van der Waals surface area contributed by atoms with E-state index in [0.717, 1.165) is 22.2 Å². The van der Waals surface area contributed by atoms with Crippen LogP contribution in [0.3, 0.4) is 0 Å². The minimum Gasteiger partial charge on any atom is -0.495 e. The number of ether oxygens (including phenoxy) is 1. The lowest BCUT2D eigenvalue weighted by molar-refractivity contribution is -0.122. The maximum Gasteiger partial charge on any atom is 0.237 e. The first-order chi connectivity index (χ1) is 9.21. The fourth-order valence-corrected chi connectivity index (χ4v) is 2.11. The van der Waals surface area contributed by atoms with E-state index in [0.29, 0.717) is 6.42 Å². The van der Waals surface area contributed by atoms with Gasteiger partial charge in [-0.25, -0.2) is 0 Å². The summed E-state index contributed by atoms with van der Waals surface area (Å²) >= 11 is 0. The Labute approximate surface area is 111 Å². The number of carbonyl (C=O) groups excluding carboxylic acids is 1. The van der Waals surface area contributed by atoms with Crippen molar-refractivity contribution < 1.29 is 9.53 Å². The lowest BCUT2D eigenvalue weighted by Crippen LogP contribution is -2.27. The lowest BCUT2D eigenvalue weighted by Gasteiger charge is -2.07. The molecule has 1 aromatic carbocycles. The van der Waals surface area contributed by atoms with Crippen LogP contribution < -0.4 is 10.1 Å². The highest BCUT2D eigenvalue weighted by atomic mass is 16.5. The van der Waals surface area contributed by atoms with Gasteiger partial charge in [-0.3, -0.25) is 4.79 Å². The van der Waals surface area contributed by atoms with E-state index in [1.165, 1.54) is 7.05 Å². The normalized spacial score (nSPS) is 11.8. The Morgan fingerprint density at radius 2 is 2.37 bits per heavy atom. The van der Waals surface area contributed by atoms with Crippen LogP contribution in [0, 0.1) is 17.2 Å². The number of H-pyrrole nitrogens is 1. The number of hydrogen-bond donors (Lipinski definition) is 2. The van der Waals surface area contributed by atoms with Gasteiger partial charge in [-0.1, -0.05) is 12.1 Å². The Hall–Kier alpha value is -2.48. The van der Waals surface area contributed by atoms with Crippen molar-refractivity contribution in [2.75, 3.05) is 14.2 Å². The van der Waals surface area contributed by atoms with E-state index in [-0.39, 0.29) is 5.91 Å². The average Bonchev–Trinajstić information content (AvgIpc) is 2.86. The number of amides is 1. The maximum atomic E-state index is 11.6. The molecule has 98 valence electrons. The molecule has 1 atom stereocenters. The zero-order chi connectivity index (χ0) is 13.8. The van der Waals surface area contributed by atoms with E-state index in [2.05, 4.69) is 10.3 Å². The lowest BCUT2D eigenvalue weighted by atomic mass is 9.99. The molecular formula is C14H15N3O2. The van der Waals surface area contributed by atoms with Gasteiger partial charge in [0, 0.05) is 18.6 Å². The molecule has 2 aromatic rings. The molecule has 0 aliphatic rings. The summed E-state index contributed by atoms with van der Waals surface area (Å²) in [7, 11) is 3.14. The molecule has 5 nitrogen and oxygen atoms in total. The van der Waals surface area contributed by atoms with E-state index < -0.39 is 5.92 Å². The Balaban J connectivity index is 2.37. The molecule has 0 bridgehead atoms. The number of aromatic amines is 1. The molecule has 0 saturated heterocycles. The van der Waals surface area contributed by atoms with Crippen molar-refractivity contribution in [1.29, 1.82) is 5.26 Å². The molecule has 0 saturated carbocycles. The summed E-state index contributed by atoms with van der Waals surface area (Å²) in [5, 5.41) is 12.5. The quantitative estimate of drug-likeness (QED) is 0.873. The minimum absolute atomic E-state index is 0.264. The SMILES string of the molecule is CNC(=O)[C@H](C#N)Cc1c[nH]c2c(OC)cccc12. The molecule has 1 heterocycles. The van der Waals surface area contributed by atoms with Crippen LogP contribution in [-0.4, -0.2) is 25.0 Å². The Morgan fingerprint density at radius 1 is 1.58 bits per heavy atom. The molecule has 2 rings (SSSR count). The van der Waals surface area contributed by atoms with Crippen molar-refractivity contribution in [3.63, 3.8) is 0 Å². The van der Waals surface area contributed by atoms with Crippen LogP contribution in [0.2, 0.25) is 0 Å². The summed E-state index contributed by atoms with van der Waals surface area (Å²) in [5.74, 6) is -0.202. The second-order valence-electron chi connectivity index (χ2n) is 4.20. The highest BCUT2D eigenvalue weighted by Gasteiger charge is 2.19. The van der Waals surface area contributed by atoms with E-state index in [9.17, 15) is 4.79 Å². The molecule has 0 fully saturated rings. The third-order valence-electron chi connectivity index (χ3n) is 3.13. The molecule has 0 aliphatic heterocycles. The van der Waals surface area contributed by atoms with E-state index in [4.69, 9.17) is 10.00 Å². The fraction of sp³-hybridized carbons (Fsp3) is 0.286. The fourth-order valence-electron chi connectivity index (χ4n) is 2.11. The summed E-state index contributed by atoms with van der Waals surface area (Å²) in [6, 6.07) is 7.73. The number of aromatic nitrogens is 1. The summed E-state index contributed by atoms with van der Waals surface area (Å²) in [6.45, 7) is 0. The molecule has 1 amide bonds. The molecule has 0 spiro atoms. The summed E-state index contributed by atoms with van der Waals surface area (Å²) in [6.07, 6.45) is 2.20. The number of nitriles is 1. The molecular weight excluding hydrogens is 242 g/mol. The molecule has 0 aliphatic carbocycles. The van der Waals surface area contributed by atoms with Gasteiger partial charge in [0.05, 0.1) is 18.7 Å². The average molecular weight is 257 g/mol. The molecule has 2 N–H and O–H groups in total. The van der Waals surface area contributed by atoms with Gasteiger partial charge in [0.1, 0.15) is 11.7 Å². The van der Waals surface area contributed by atoms with E-state index in [1.54, 1.807) is 7.11 Å². The monoisotopic (exact) mass is 257 g/mol. The van der Waals surface area contributed by atoms with Crippen molar-refractivity contribution >= 4 is 16.8 Å². The van der Waals surface area contributed by atoms with E-state index in [1.807, 2.05) is 30.5 Å². The first kappa shape index (κ1) is 13.0. The topological polar surface area (TPSA) is 77.9 Å². The Kier molecular flexibility index (Phi) is 3.71. The summed E-state index contributed by atoms with van der Waals surface area (Å²) in [5.41, 5.74) is 1.82. The van der Waals surface area contributed by atoms with Crippen LogP contribution in [-0.2, 0) is 11.2 Å². The Bertz CT molecular complexity index is 640. The second kappa shape index (κ2) is 5.44. The van der Waals surface area contributed by atoms with Crippen molar-refractivity contribution in [2.24, 2.45) is 5.92 Å². The first-order valence-corrected chi connectivity index (χ1v) is 5.95. The standard InChI is InChI=1S/C14H15N3O2/c1-16-14(18)9(7-15)6-10-8-17-13-11(10)4-3-5-12(13)19-2/h3-5,8-9,17H,6H2,1-2H3,(H,16,18)/t9-/m0/s1. The van der Waals surface area contributed by atoms with Crippen molar-refractivity contribution in [3.8, 4) is 11.8 Å². The van der Waals surface area contributed by atoms with Crippen molar-refractivity contribution in [3.05, 3.63) is 30.0 Å². The number of carbonyl (C=O) groups is 1. The molecule has 1 aromatic heterocycles. The van der Waals surface area contributed by atoms with Crippen LogP contribution in [0.15, 0.2) is 24.4 Å². The highest BCUT2D eigenvalue weighted by molar-refractivity contribution is 5.89. The van der Waals surface area contributed by atoms with Gasteiger partial charge in [-0.15, -0.1) is 0 Å². The smallest absolute Gasteiger partial charge is 0.237 e. The zero-order valence-corrected chi connectivity index (χ0v) is 10.9. The van der Waals surface area contributed by atoms with Crippen LogP contribution in [0.4, 0.5) is 0 Å².